The lowest BCUT2D eigenvalue weighted by atomic mass is 10.3. The summed E-state index contributed by atoms with van der Waals surface area (Å²) >= 11 is 1.21. The smallest absolute Gasteiger partial charge is 0.294 e. The Balaban J connectivity index is 2.18. The quantitative estimate of drug-likeness (QED) is 0.834. The largest absolute Gasteiger partial charge is 0.366 e. The molecule has 0 atom stereocenters. The Morgan fingerprint density at radius 2 is 2.25 bits per heavy atom. The molecular formula is C9H7N3O3S. The zero-order chi connectivity index (χ0) is 11.5. The number of nitrogens with one attached hydrogen (secondary N) is 1. The molecule has 0 aromatic carbocycles. The van der Waals surface area contributed by atoms with Crippen LogP contribution in [-0.2, 0) is 0 Å². The van der Waals surface area contributed by atoms with E-state index in [-0.39, 0.29) is 11.3 Å². The van der Waals surface area contributed by atoms with Crippen molar-refractivity contribution < 1.29 is 14.1 Å². The van der Waals surface area contributed by atoms with Gasteiger partial charge < -0.3 is 15.6 Å². The zero-order valence-electron chi connectivity index (χ0n) is 7.97. The van der Waals surface area contributed by atoms with Crippen molar-refractivity contribution in [3.05, 3.63) is 35.0 Å². The summed E-state index contributed by atoms with van der Waals surface area (Å²) in [5.41, 5.74) is 5.41. The van der Waals surface area contributed by atoms with Gasteiger partial charge in [-0.3, -0.25) is 9.59 Å². The van der Waals surface area contributed by atoms with Crippen molar-refractivity contribution in [3.63, 3.8) is 0 Å². The van der Waals surface area contributed by atoms with E-state index in [1.807, 2.05) is 0 Å². The number of hydrogen-bond donors (Lipinski definition) is 2. The molecule has 16 heavy (non-hydrogen) atoms. The van der Waals surface area contributed by atoms with Gasteiger partial charge in [-0.25, -0.2) is 0 Å². The number of nitrogens with zero attached hydrogens (tertiary/aromatic N) is 1. The lowest BCUT2D eigenvalue weighted by Gasteiger charge is -2.00. The molecule has 0 aliphatic rings. The normalized spacial score (nSPS) is 10.0. The first-order valence-electron chi connectivity index (χ1n) is 4.28. The lowest BCUT2D eigenvalue weighted by molar-refractivity contribution is 0.0988. The Morgan fingerprint density at radius 3 is 2.88 bits per heavy atom. The average molecular weight is 237 g/mol. The number of carbonyl (C=O) groups excluding carboxylic acids is 2. The maximum Gasteiger partial charge on any atom is 0.294 e. The standard InChI is InChI=1S/C9H7N3O3S/c10-7(13)5-2-4-16-9(5)12-8(14)6-1-3-11-15-6/h1-4H,(H2,10,13)(H,12,14). The number of anilines is 1. The van der Waals surface area contributed by atoms with E-state index in [1.165, 1.54) is 23.6 Å². The van der Waals surface area contributed by atoms with Crippen LogP contribution in [0.5, 0.6) is 0 Å². The van der Waals surface area contributed by atoms with E-state index in [2.05, 4.69) is 15.0 Å². The number of hydrogen-bond acceptors (Lipinski definition) is 5. The van der Waals surface area contributed by atoms with E-state index < -0.39 is 11.8 Å². The number of primary amides is 1. The van der Waals surface area contributed by atoms with Gasteiger partial charge in [0.2, 0.25) is 5.76 Å². The summed E-state index contributed by atoms with van der Waals surface area (Å²) in [4.78, 5) is 22.6. The molecule has 0 saturated carbocycles. The summed E-state index contributed by atoms with van der Waals surface area (Å²) in [6.07, 6.45) is 1.36. The number of rotatable bonds is 3. The van der Waals surface area contributed by atoms with Gasteiger partial charge in [0.15, 0.2) is 0 Å². The Kier molecular flexibility index (Phi) is 2.69. The second kappa shape index (κ2) is 4.15. The van der Waals surface area contributed by atoms with Crippen LogP contribution >= 0.6 is 11.3 Å². The van der Waals surface area contributed by atoms with Gasteiger partial charge in [-0.05, 0) is 11.4 Å². The zero-order valence-corrected chi connectivity index (χ0v) is 8.78. The van der Waals surface area contributed by atoms with Crippen molar-refractivity contribution in [1.29, 1.82) is 0 Å². The molecule has 0 aliphatic carbocycles. The monoisotopic (exact) mass is 237 g/mol. The molecule has 0 bridgehead atoms. The van der Waals surface area contributed by atoms with Crippen molar-refractivity contribution in [2.24, 2.45) is 5.73 Å². The van der Waals surface area contributed by atoms with E-state index >= 15 is 0 Å². The molecule has 2 heterocycles. The fourth-order valence-corrected chi connectivity index (χ4v) is 1.89. The third-order valence-corrected chi connectivity index (χ3v) is 2.65. The summed E-state index contributed by atoms with van der Waals surface area (Å²) in [7, 11) is 0. The van der Waals surface area contributed by atoms with Gasteiger partial charge in [-0.1, -0.05) is 5.16 Å². The molecule has 0 saturated heterocycles. The third kappa shape index (κ3) is 1.94. The molecule has 82 valence electrons. The second-order valence-electron chi connectivity index (χ2n) is 2.86. The van der Waals surface area contributed by atoms with Crippen LogP contribution in [0.3, 0.4) is 0 Å². The van der Waals surface area contributed by atoms with Crippen molar-refractivity contribution in [2.45, 2.75) is 0 Å². The number of nitrogens with two attached hydrogens (primary N) is 1. The van der Waals surface area contributed by atoms with Crippen molar-refractivity contribution in [3.8, 4) is 0 Å². The van der Waals surface area contributed by atoms with Gasteiger partial charge in [0, 0.05) is 6.07 Å². The highest BCUT2D eigenvalue weighted by molar-refractivity contribution is 7.14. The van der Waals surface area contributed by atoms with Gasteiger partial charge in [-0.15, -0.1) is 11.3 Å². The van der Waals surface area contributed by atoms with E-state index in [1.54, 1.807) is 11.4 Å². The molecule has 2 rings (SSSR count). The number of amides is 2. The Hall–Kier alpha value is -2.15. The maximum atomic E-state index is 11.6. The predicted molar refractivity (Wildman–Crippen MR) is 57.3 cm³/mol. The molecule has 6 nitrogen and oxygen atoms in total. The molecule has 3 N–H and O–H groups in total. The van der Waals surface area contributed by atoms with E-state index in [4.69, 9.17) is 5.73 Å². The van der Waals surface area contributed by atoms with Gasteiger partial charge in [0.05, 0.1) is 11.8 Å². The van der Waals surface area contributed by atoms with Crippen LogP contribution < -0.4 is 11.1 Å². The van der Waals surface area contributed by atoms with E-state index in [9.17, 15) is 9.59 Å². The molecule has 2 aromatic rings. The second-order valence-corrected chi connectivity index (χ2v) is 3.77. The summed E-state index contributed by atoms with van der Waals surface area (Å²) in [6.45, 7) is 0. The molecule has 7 heteroatoms. The topological polar surface area (TPSA) is 98.2 Å². The SMILES string of the molecule is NC(=O)c1ccsc1NC(=O)c1ccno1. The van der Waals surface area contributed by atoms with Gasteiger partial charge in [-0.2, -0.15) is 0 Å². The Labute approximate surface area is 94.0 Å². The van der Waals surface area contributed by atoms with E-state index in [0.29, 0.717) is 5.00 Å². The van der Waals surface area contributed by atoms with Crippen LogP contribution in [0.25, 0.3) is 0 Å². The highest BCUT2D eigenvalue weighted by Crippen LogP contribution is 2.23. The number of carbonyl (C=O) groups is 2. The van der Waals surface area contributed by atoms with Gasteiger partial charge in [0.25, 0.3) is 11.8 Å². The van der Waals surface area contributed by atoms with Crippen LogP contribution in [0.15, 0.2) is 28.2 Å². The minimum atomic E-state index is -0.589. The van der Waals surface area contributed by atoms with Crippen LogP contribution in [0.2, 0.25) is 0 Å². The summed E-state index contributed by atoms with van der Waals surface area (Å²) in [6, 6.07) is 2.97. The molecule has 0 radical (unpaired) electrons. The molecule has 2 aromatic heterocycles. The van der Waals surface area contributed by atoms with Crippen LogP contribution in [0, 0.1) is 0 Å². The van der Waals surface area contributed by atoms with Crippen molar-refractivity contribution in [2.75, 3.05) is 5.32 Å². The summed E-state index contributed by atoms with van der Waals surface area (Å²) in [5.74, 6) is -0.986. The third-order valence-electron chi connectivity index (χ3n) is 1.82. The van der Waals surface area contributed by atoms with Crippen LogP contribution in [0.4, 0.5) is 5.00 Å². The summed E-state index contributed by atoms with van der Waals surface area (Å²) in [5, 5.41) is 7.99. The molecule has 0 unspecified atom stereocenters. The average Bonchev–Trinajstić information content (AvgIpc) is 2.86. The highest BCUT2D eigenvalue weighted by atomic mass is 32.1. The fourth-order valence-electron chi connectivity index (χ4n) is 1.10. The molecule has 0 aliphatic heterocycles. The number of thiophene rings is 1. The van der Waals surface area contributed by atoms with Crippen LogP contribution in [0.1, 0.15) is 20.9 Å². The maximum absolute atomic E-state index is 11.6. The highest BCUT2D eigenvalue weighted by Gasteiger charge is 2.15. The Morgan fingerprint density at radius 1 is 1.44 bits per heavy atom. The first-order valence-corrected chi connectivity index (χ1v) is 5.16. The lowest BCUT2D eigenvalue weighted by Crippen LogP contribution is -2.16. The minimum Gasteiger partial charge on any atom is -0.366 e. The molecular weight excluding hydrogens is 230 g/mol. The first kappa shape index (κ1) is 10.4. The molecule has 0 fully saturated rings. The Bertz CT molecular complexity index is 518. The fraction of sp³-hybridized carbons (Fsp3) is 0. The van der Waals surface area contributed by atoms with Crippen molar-refractivity contribution in [1.82, 2.24) is 5.16 Å². The van der Waals surface area contributed by atoms with Gasteiger partial charge in [0.1, 0.15) is 5.00 Å². The van der Waals surface area contributed by atoms with Crippen LogP contribution in [-0.4, -0.2) is 17.0 Å². The summed E-state index contributed by atoms with van der Waals surface area (Å²) < 4.78 is 4.67. The first-order chi connectivity index (χ1) is 7.68. The predicted octanol–water partition coefficient (Wildman–Crippen LogP) is 1.09. The molecule has 2 amide bonds. The molecule has 0 spiro atoms. The minimum absolute atomic E-state index is 0.0730. The number of aromatic nitrogens is 1. The van der Waals surface area contributed by atoms with Gasteiger partial charge >= 0.3 is 0 Å². The van der Waals surface area contributed by atoms with E-state index in [0.717, 1.165) is 0 Å². The van der Waals surface area contributed by atoms with Crippen molar-refractivity contribution >= 4 is 28.2 Å².